The highest BCUT2D eigenvalue weighted by molar-refractivity contribution is 5.67. The molecule has 0 bridgehead atoms. The third kappa shape index (κ3) is 2.56. The van der Waals surface area contributed by atoms with Crippen LogP contribution in [0.3, 0.4) is 0 Å². The number of benzene rings is 1. The Morgan fingerprint density at radius 1 is 1.42 bits per heavy atom. The molecule has 1 unspecified atom stereocenters. The van der Waals surface area contributed by atoms with Crippen LogP contribution in [0.25, 0.3) is 0 Å². The fourth-order valence-electron chi connectivity index (χ4n) is 2.85. The average molecular weight is 267 g/mol. The molecule has 1 atom stereocenters. The number of likely N-dealkylation sites (tertiary alicyclic amines) is 1. The van der Waals surface area contributed by atoms with Gasteiger partial charge in [-0.05, 0) is 37.0 Å². The lowest BCUT2D eigenvalue weighted by atomic mass is 9.81. The molecule has 0 saturated carbocycles. The minimum atomic E-state index is -0.957. The number of hydrogen-bond donors (Lipinski definition) is 1. The van der Waals surface area contributed by atoms with Crippen LogP contribution in [0.4, 0.5) is 9.18 Å². The van der Waals surface area contributed by atoms with Gasteiger partial charge in [0.05, 0.1) is 12.1 Å². The van der Waals surface area contributed by atoms with Crippen LogP contribution >= 0.6 is 0 Å². The number of carbonyl (C=O) groups is 1. The molecule has 1 aliphatic rings. The quantitative estimate of drug-likeness (QED) is 0.916. The molecule has 1 amide bonds. The number of halogens is 1. The van der Waals surface area contributed by atoms with E-state index in [1.165, 1.54) is 17.0 Å². The van der Waals surface area contributed by atoms with E-state index in [-0.39, 0.29) is 12.4 Å². The van der Waals surface area contributed by atoms with E-state index < -0.39 is 11.6 Å². The van der Waals surface area contributed by atoms with Crippen molar-refractivity contribution in [2.45, 2.75) is 24.8 Å². The summed E-state index contributed by atoms with van der Waals surface area (Å²) in [5.41, 5.74) is 0.0878. The molecular formula is C14H18FNO3. The van der Waals surface area contributed by atoms with Crippen molar-refractivity contribution in [3.63, 3.8) is 0 Å². The van der Waals surface area contributed by atoms with Gasteiger partial charge in [-0.1, -0.05) is 12.1 Å². The van der Waals surface area contributed by atoms with Crippen molar-refractivity contribution in [1.29, 1.82) is 0 Å². The number of ether oxygens (including phenoxy) is 1. The second kappa shape index (κ2) is 5.57. The maximum Gasteiger partial charge on any atom is 0.408 e. The first-order chi connectivity index (χ1) is 9.10. The third-order valence-corrected chi connectivity index (χ3v) is 3.73. The first-order valence-corrected chi connectivity index (χ1v) is 6.36. The summed E-state index contributed by atoms with van der Waals surface area (Å²) in [5.74, 6) is -0.325. The van der Waals surface area contributed by atoms with E-state index in [0.717, 1.165) is 18.4 Å². The van der Waals surface area contributed by atoms with Crippen LogP contribution in [0, 0.1) is 5.82 Å². The molecule has 1 aliphatic heterocycles. The molecule has 19 heavy (non-hydrogen) atoms. The minimum absolute atomic E-state index is 0.283. The maximum atomic E-state index is 13.1. The molecule has 1 aromatic carbocycles. The van der Waals surface area contributed by atoms with Gasteiger partial charge < -0.3 is 9.84 Å². The summed E-state index contributed by atoms with van der Waals surface area (Å²) in [6, 6.07) is 6.02. The Kier molecular flexibility index (Phi) is 4.04. The number of amides is 1. The maximum absolute atomic E-state index is 13.1. The van der Waals surface area contributed by atoms with Crippen molar-refractivity contribution in [1.82, 2.24) is 4.90 Å². The summed E-state index contributed by atoms with van der Waals surface area (Å²) < 4.78 is 18.3. The predicted molar refractivity (Wildman–Crippen MR) is 68.5 cm³/mol. The Labute approximate surface area is 111 Å². The Balaban J connectivity index is 2.44. The second-order valence-electron chi connectivity index (χ2n) is 4.86. The lowest BCUT2D eigenvalue weighted by Gasteiger charge is -2.45. The zero-order valence-corrected chi connectivity index (χ0v) is 10.9. The summed E-state index contributed by atoms with van der Waals surface area (Å²) in [4.78, 5) is 12.9. The molecular weight excluding hydrogens is 249 g/mol. The summed E-state index contributed by atoms with van der Waals surface area (Å²) >= 11 is 0. The molecule has 0 aliphatic carbocycles. The van der Waals surface area contributed by atoms with Crippen molar-refractivity contribution < 1.29 is 19.0 Å². The van der Waals surface area contributed by atoms with Crippen molar-refractivity contribution in [2.24, 2.45) is 0 Å². The van der Waals surface area contributed by atoms with E-state index >= 15 is 0 Å². The Morgan fingerprint density at radius 3 is 2.68 bits per heavy atom. The third-order valence-electron chi connectivity index (χ3n) is 3.73. The van der Waals surface area contributed by atoms with Crippen LogP contribution in [0.1, 0.15) is 24.8 Å². The Hall–Kier alpha value is -1.62. The largest absolute Gasteiger partial charge is 0.465 e. The Morgan fingerprint density at radius 2 is 2.11 bits per heavy atom. The molecule has 1 heterocycles. The SMILES string of the molecule is COCC1(c2ccc(F)cc2)CCCCN1C(=O)O. The molecule has 0 radical (unpaired) electrons. The molecule has 1 N–H and O–H groups in total. The molecule has 2 rings (SSSR count). The van der Waals surface area contributed by atoms with E-state index in [9.17, 15) is 14.3 Å². The molecule has 104 valence electrons. The van der Waals surface area contributed by atoms with E-state index in [1.54, 1.807) is 19.2 Å². The lowest BCUT2D eigenvalue weighted by molar-refractivity contribution is -0.0103. The zero-order valence-electron chi connectivity index (χ0n) is 10.9. The topological polar surface area (TPSA) is 49.8 Å². The molecule has 0 aromatic heterocycles. The molecule has 1 saturated heterocycles. The number of rotatable bonds is 3. The molecule has 5 heteroatoms. The molecule has 4 nitrogen and oxygen atoms in total. The van der Waals surface area contributed by atoms with Gasteiger partial charge in [-0.15, -0.1) is 0 Å². The lowest BCUT2D eigenvalue weighted by Crippen LogP contribution is -2.54. The number of hydrogen-bond acceptors (Lipinski definition) is 2. The number of piperidine rings is 1. The standard InChI is InChI=1S/C14H18FNO3/c1-19-10-14(11-4-6-12(15)7-5-11)8-2-3-9-16(14)13(17)18/h4-7H,2-3,8-10H2,1H3,(H,17,18). The first kappa shape index (κ1) is 13.8. The van der Waals surface area contributed by atoms with Crippen LogP contribution in [0.15, 0.2) is 24.3 Å². The Bertz CT molecular complexity index is 445. The zero-order chi connectivity index (χ0) is 13.9. The second-order valence-corrected chi connectivity index (χ2v) is 4.86. The van der Waals surface area contributed by atoms with Crippen LogP contribution in [0.2, 0.25) is 0 Å². The van der Waals surface area contributed by atoms with Gasteiger partial charge in [0, 0.05) is 13.7 Å². The van der Waals surface area contributed by atoms with Gasteiger partial charge in [0.15, 0.2) is 0 Å². The van der Waals surface area contributed by atoms with Crippen molar-refractivity contribution in [3.8, 4) is 0 Å². The summed E-state index contributed by atoms with van der Waals surface area (Å²) in [6.45, 7) is 0.765. The molecule has 1 fully saturated rings. The van der Waals surface area contributed by atoms with Gasteiger partial charge in [0.1, 0.15) is 5.82 Å². The first-order valence-electron chi connectivity index (χ1n) is 6.36. The highest BCUT2D eigenvalue weighted by Crippen LogP contribution is 2.38. The van der Waals surface area contributed by atoms with Gasteiger partial charge in [-0.2, -0.15) is 0 Å². The number of methoxy groups -OCH3 is 1. The van der Waals surface area contributed by atoms with Crippen LogP contribution < -0.4 is 0 Å². The van der Waals surface area contributed by atoms with E-state index in [1.807, 2.05) is 0 Å². The van der Waals surface area contributed by atoms with Gasteiger partial charge in [0.25, 0.3) is 0 Å². The van der Waals surface area contributed by atoms with Crippen molar-refractivity contribution in [2.75, 3.05) is 20.3 Å². The van der Waals surface area contributed by atoms with Gasteiger partial charge >= 0.3 is 6.09 Å². The fraction of sp³-hybridized carbons (Fsp3) is 0.500. The highest BCUT2D eigenvalue weighted by Gasteiger charge is 2.43. The van der Waals surface area contributed by atoms with Crippen molar-refractivity contribution >= 4 is 6.09 Å². The molecule has 0 spiro atoms. The summed E-state index contributed by atoms with van der Waals surface area (Å²) in [7, 11) is 1.56. The number of carboxylic acid groups (broad SMARTS) is 1. The summed E-state index contributed by atoms with van der Waals surface area (Å²) in [6.07, 6.45) is 1.52. The van der Waals surface area contributed by atoms with E-state index in [4.69, 9.17) is 4.74 Å². The smallest absolute Gasteiger partial charge is 0.408 e. The van der Waals surface area contributed by atoms with Crippen LogP contribution in [-0.2, 0) is 10.3 Å². The van der Waals surface area contributed by atoms with Crippen LogP contribution in [-0.4, -0.2) is 36.4 Å². The van der Waals surface area contributed by atoms with Gasteiger partial charge in [-0.25, -0.2) is 9.18 Å². The average Bonchev–Trinajstić information content (AvgIpc) is 2.40. The highest BCUT2D eigenvalue weighted by atomic mass is 19.1. The predicted octanol–water partition coefficient (Wildman–Crippen LogP) is 2.83. The van der Waals surface area contributed by atoms with Gasteiger partial charge in [-0.3, -0.25) is 4.90 Å². The summed E-state index contributed by atoms with van der Waals surface area (Å²) in [5, 5.41) is 9.41. The minimum Gasteiger partial charge on any atom is -0.465 e. The van der Waals surface area contributed by atoms with E-state index in [0.29, 0.717) is 13.0 Å². The van der Waals surface area contributed by atoms with Gasteiger partial charge in [0.2, 0.25) is 0 Å². The van der Waals surface area contributed by atoms with E-state index in [2.05, 4.69) is 0 Å². The van der Waals surface area contributed by atoms with Crippen LogP contribution in [0.5, 0.6) is 0 Å². The molecule has 1 aromatic rings. The fourth-order valence-corrected chi connectivity index (χ4v) is 2.85. The number of nitrogens with zero attached hydrogens (tertiary/aromatic N) is 1. The normalized spacial score (nSPS) is 23.4. The van der Waals surface area contributed by atoms with Crippen molar-refractivity contribution in [3.05, 3.63) is 35.6 Å². The monoisotopic (exact) mass is 267 g/mol.